The van der Waals surface area contributed by atoms with Gasteiger partial charge in [-0.1, -0.05) is 0 Å². The summed E-state index contributed by atoms with van der Waals surface area (Å²) >= 11 is 0. The van der Waals surface area contributed by atoms with Gasteiger partial charge in [-0.2, -0.15) is 0 Å². The van der Waals surface area contributed by atoms with Crippen LogP contribution < -0.4 is 0 Å². The van der Waals surface area contributed by atoms with Crippen LogP contribution in [0.25, 0.3) is 0 Å². The Morgan fingerprint density at radius 3 is 0.500 bits per heavy atom. The molecule has 4 heavy (non-hydrogen) atoms. The second-order valence-electron chi connectivity index (χ2n) is 0. The van der Waals surface area contributed by atoms with Crippen LogP contribution in [-0.4, -0.2) is 0 Å². The molecule has 0 atom stereocenters. The molecule has 0 bridgehead atoms. The van der Waals surface area contributed by atoms with Crippen LogP contribution >= 0.6 is 0 Å². The Bertz CT molecular complexity index is 3.25. The van der Waals surface area contributed by atoms with E-state index in [1.54, 1.807) is 0 Å². The summed E-state index contributed by atoms with van der Waals surface area (Å²) in [5, 5.41) is 0. The van der Waals surface area contributed by atoms with Gasteiger partial charge in [-0.05, 0) is 0 Å². The minimum atomic E-state index is 0. The van der Waals surface area contributed by atoms with E-state index in [0.717, 1.165) is 0 Å². The predicted molar refractivity (Wildman–Crippen MR) is 22.1 cm³/mol. The maximum absolute atomic E-state index is 0. The van der Waals surface area contributed by atoms with E-state index in [1.807, 2.05) is 0 Å². The molecule has 0 saturated carbocycles. The molecule has 0 aliphatic rings. The van der Waals surface area contributed by atoms with Gasteiger partial charge in [0.2, 0.25) is 0 Å². The van der Waals surface area contributed by atoms with Gasteiger partial charge in [-0.15, -0.1) is 0 Å². The molecule has 4 heteroatoms. The summed E-state index contributed by atoms with van der Waals surface area (Å²) in [6.45, 7) is 0. The van der Waals surface area contributed by atoms with Crippen LogP contribution in [0, 0.1) is 31.1 Å². The molecule has 0 aliphatic heterocycles. The van der Waals surface area contributed by atoms with E-state index in [9.17, 15) is 0 Å². The Hall–Kier alpha value is 2.10. The molecule has 0 radical (unpaired) electrons. The average molecular weight is 334 g/mol. The molecule has 0 rings (SSSR count). The van der Waals surface area contributed by atoms with Gasteiger partial charge in [0.15, 0.2) is 0 Å². The van der Waals surface area contributed by atoms with E-state index >= 15 is 0 Å². The number of hydrogen-bond donors (Lipinski definition) is 0. The molecule has 0 spiro atoms. The van der Waals surface area contributed by atoms with Crippen LogP contribution in [0.5, 0.6) is 0 Å². The average Bonchev–Trinajstić information content (AvgIpc) is 0. The molecule has 0 aromatic heterocycles. The van der Waals surface area contributed by atoms with Gasteiger partial charge in [-0.3, -0.25) is 0 Å². The van der Waals surface area contributed by atoms with Crippen molar-refractivity contribution in [2.45, 2.75) is 0 Å². The van der Waals surface area contributed by atoms with Crippen molar-refractivity contribution in [2.24, 2.45) is 0 Å². The van der Waals surface area contributed by atoms with E-state index in [4.69, 9.17) is 0 Å². The maximum atomic E-state index is 0. The molecule has 0 amide bonds. The smallest absolute Gasteiger partial charge is 2.00 e. The van der Waals surface area contributed by atoms with Crippen LogP contribution in [-0.2, 0) is 40.5 Å². The van der Waals surface area contributed by atoms with Crippen molar-refractivity contribution in [1.29, 1.82) is 0 Å². The molecule has 0 heterocycles. The molecule has 0 N–H and O–H groups in total. The fourth-order valence-electron chi connectivity index (χ4n) is 0. The Labute approximate surface area is 70.8 Å². The van der Waals surface area contributed by atoms with Crippen LogP contribution in [0.1, 0.15) is 0 Å². The molecule has 0 nitrogen and oxygen atoms in total. The van der Waals surface area contributed by atoms with Gasteiger partial charge in [0.05, 0.1) is 0 Å². The molecular weight excluding hydrogens is 334 g/mol. The van der Waals surface area contributed by atoms with Crippen molar-refractivity contribution >= 4 is 40.5 Å². The maximum Gasteiger partial charge on any atom is 6.00 e. The SMILES string of the molecule is [S-2].[S-2].[S-2].[U+6]. The molecule has 0 unspecified atom stereocenters. The van der Waals surface area contributed by atoms with Crippen molar-refractivity contribution in [1.82, 2.24) is 0 Å². The topological polar surface area (TPSA) is 0 Å². The summed E-state index contributed by atoms with van der Waals surface area (Å²) in [6, 6.07) is 0. The zero-order valence-electron chi connectivity index (χ0n) is 1.72. The molecule has 0 aromatic carbocycles. The normalized spacial score (nSPS) is 0. The van der Waals surface area contributed by atoms with E-state index in [0.29, 0.717) is 0 Å². The third-order valence-corrected chi connectivity index (χ3v) is 0. The standard InChI is InChI=1S/3S.U/q3*-2;+6. The van der Waals surface area contributed by atoms with Crippen molar-refractivity contribution < 1.29 is 31.1 Å². The molecule has 0 aromatic rings. The van der Waals surface area contributed by atoms with Crippen molar-refractivity contribution in [3.05, 3.63) is 0 Å². The third-order valence-electron chi connectivity index (χ3n) is 0. The zero-order valence-corrected chi connectivity index (χ0v) is 8.34. The minimum Gasteiger partial charge on any atom is -2.00 e. The van der Waals surface area contributed by atoms with Gasteiger partial charge in [0, 0.05) is 0 Å². The Morgan fingerprint density at radius 1 is 0.500 bits per heavy atom. The molecule has 0 aliphatic carbocycles. The summed E-state index contributed by atoms with van der Waals surface area (Å²) in [7, 11) is 0. The second-order valence-corrected chi connectivity index (χ2v) is 0. The fraction of sp³-hybridized carbons (Fsp3) is 0. The van der Waals surface area contributed by atoms with Crippen molar-refractivity contribution in [3.63, 3.8) is 0 Å². The summed E-state index contributed by atoms with van der Waals surface area (Å²) in [6.07, 6.45) is 0. The van der Waals surface area contributed by atoms with Crippen LogP contribution in [0.15, 0.2) is 0 Å². The fourth-order valence-corrected chi connectivity index (χ4v) is 0. The zero-order chi connectivity index (χ0) is 0. The second kappa shape index (κ2) is 19.4. The van der Waals surface area contributed by atoms with E-state index in [1.165, 1.54) is 0 Å². The number of rotatable bonds is 0. The summed E-state index contributed by atoms with van der Waals surface area (Å²) < 4.78 is 0. The molecule has 0 saturated heterocycles. The largest absolute Gasteiger partial charge is 6.00 e. The first-order chi connectivity index (χ1) is 0. The van der Waals surface area contributed by atoms with Gasteiger partial charge in [0.1, 0.15) is 0 Å². The van der Waals surface area contributed by atoms with Crippen molar-refractivity contribution in [3.8, 4) is 0 Å². The van der Waals surface area contributed by atoms with Gasteiger partial charge >= 0.3 is 31.1 Å². The van der Waals surface area contributed by atoms with Crippen LogP contribution in [0.4, 0.5) is 0 Å². The summed E-state index contributed by atoms with van der Waals surface area (Å²) in [5.74, 6) is 0. The summed E-state index contributed by atoms with van der Waals surface area (Å²) in [5.41, 5.74) is 0. The quantitative estimate of drug-likeness (QED) is 0.585. The Morgan fingerprint density at radius 2 is 0.500 bits per heavy atom. The Balaban J connectivity index is 0. The third kappa shape index (κ3) is 8.93. The summed E-state index contributed by atoms with van der Waals surface area (Å²) in [4.78, 5) is 0. The number of hydrogen-bond acceptors (Lipinski definition) is 0. The van der Waals surface area contributed by atoms with E-state index in [2.05, 4.69) is 0 Å². The van der Waals surface area contributed by atoms with Gasteiger partial charge < -0.3 is 40.5 Å². The predicted octanol–water partition coefficient (Wildman–Crippen LogP) is -0.00720. The van der Waals surface area contributed by atoms with Crippen LogP contribution in [0.3, 0.4) is 0 Å². The molecular formula is S3U. The van der Waals surface area contributed by atoms with Gasteiger partial charge in [-0.25, -0.2) is 0 Å². The van der Waals surface area contributed by atoms with E-state index < -0.39 is 0 Å². The first-order valence-electron chi connectivity index (χ1n) is 0. The minimum absolute atomic E-state index is 0. The van der Waals surface area contributed by atoms with Crippen molar-refractivity contribution in [2.75, 3.05) is 0 Å². The monoisotopic (exact) mass is 334 g/mol. The Kier molecular flexibility index (Phi) is 175. The van der Waals surface area contributed by atoms with E-state index in [-0.39, 0.29) is 71.6 Å². The molecule has 22 valence electrons. The molecule has 0 fully saturated rings. The van der Waals surface area contributed by atoms with Crippen LogP contribution in [0.2, 0.25) is 0 Å². The van der Waals surface area contributed by atoms with Gasteiger partial charge in [0.25, 0.3) is 0 Å². The first-order valence-corrected chi connectivity index (χ1v) is 0. The first kappa shape index (κ1) is 35.9.